The molecule has 2 fully saturated rings. The monoisotopic (exact) mass is 636 g/mol. The number of sulfone groups is 1. The maximum Gasteiger partial charge on any atom is 0.407 e. The van der Waals surface area contributed by atoms with E-state index in [4.69, 9.17) is 0 Å². The molecule has 0 aromatic heterocycles. The van der Waals surface area contributed by atoms with Crippen molar-refractivity contribution in [2.45, 2.75) is 108 Å². The summed E-state index contributed by atoms with van der Waals surface area (Å²) in [6, 6.07) is 6.56. The van der Waals surface area contributed by atoms with Crippen LogP contribution in [0.2, 0.25) is 0 Å². The first-order valence-electron chi connectivity index (χ1n) is 15.6. The average Bonchev–Trinajstić information content (AvgIpc) is 2.93. The molecular formula is C32H52N4O7S. The Bertz CT molecular complexity index is 1250. The van der Waals surface area contributed by atoms with Gasteiger partial charge in [-0.1, -0.05) is 49.6 Å². The summed E-state index contributed by atoms with van der Waals surface area (Å²) in [5.41, 5.74) is 0.438. The number of rotatable bonds is 11. The van der Waals surface area contributed by atoms with Crippen LogP contribution >= 0.6 is 0 Å². The average molecular weight is 637 g/mol. The van der Waals surface area contributed by atoms with Crippen molar-refractivity contribution in [3.8, 4) is 0 Å². The molecule has 248 valence electrons. The molecule has 2 aliphatic rings. The molecule has 1 saturated heterocycles. The second kappa shape index (κ2) is 14.6. The number of nitrogens with zero attached hydrogens (tertiary/aromatic N) is 1. The van der Waals surface area contributed by atoms with E-state index >= 15 is 0 Å². The number of alkyl carbamates (subject to hydrolysis) is 1. The van der Waals surface area contributed by atoms with Crippen molar-refractivity contribution in [3.63, 3.8) is 0 Å². The number of hydrogen-bond acceptors (Lipinski definition) is 8. The quantitative estimate of drug-likeness (QED) is 0.289. The van der Waals surface area contributed by atoms with E-state index in [-0.39, 0.29) is 18.9 Å². The van der Waals surface area contributed by atoms with Gasteiger partial charge in [-0.15, -0.1) is 0 Å². The Labute approximate surface area is 262 Å². The van der Waals surface area contributed by atoms with Crippen molar-refractivity contribution >= 4 is 27.7 Å². The van der Waals surface area contributed by atoms with Crippen LogP contribution < -0.4 is 16.0 Å². The lowest BCUT2D eigenvalue weighted by atomic mass is 9.72. The fraction of sp³-hybridized carbons (Fsp3) is 0.719. The summed E-state index contributed by atoms with van der Waals surface area (Å²) in [6.07, 6.45) is 4.38. The summed E-state index contributed by atoms with van der Waals surface area (Å²) in [4.78, 5) is 41.5. The van der Waals surface area contributed by atoms with Gasteiger partial charge in [0.2, 0.25) is 11.8 Å². The van der Waals surface area contributed by atoms with Crippen LogP contribution in [0.5, 0.6) is 0 Å². The van der Waals surface area contributed by atoms with E-state index in [0.717, 1.165) is 44.6 Å². The molecule has 1 aromatic carbocycles. The molecule has 1 aromatic rings. The standard InChI is InChI=1S/C32H52N4O7S/c1-31(2,3)35-28(38)25-18-22-15-11-12-16-23(22)19-36(25)20-26(37)24(17-21-13-9-8-10-14-21)33-29(39)27(34-30(40)43-6)32(4,5)44(7,41)42/h8-10,13-14,22-27,37H,11-12,15-20H2,1-7H3,(H,33,39)(H,34,40)(H,35,38). The number of fused-ring (bicyclic) bond motifs is 1. The van der Waals surface area contributed by atoms with Gasteiger partial charge in [-0.3, -0.25) is 14.5 Å². The SMILES string of the molecule is COC(=O)NC(C(=O)NC(Cc1ccccc1)C(O)CN1CC2CCCCC2CC1C(=O)NC(C)(C)C)C(C)(C)S(C)(=O)=O. The number of ether oxygens (including phenoxy) is 1. The lowest BCUT2D eigenvalue weighted by molar-refractivity contribution is -0.133. The number of aliphatic hydroxyl groups is 1. The van der Waals surface area contributed by atoms with Crippen molar-refractivity contribution in [3.05, 3.63) is 35.9 Å². The van der Waals surface area contributed by atoms with Crippen LogP contribution in [0.25, 0.3) is 0 Å². The topological polar surface area (TPSA) is 154 Å². The molecule has 6 atom stereocenters. The first-order chi connectivity index (χ1) is 20.4. The fourth-order valence-electron chi connectivity index (χ4n) is 6.36. The Hall–Kier alpha value is -2.70. The predicted octanol–water partition coefficient (Wildman–Crippen LogP) is 2.42. The summed E-state index contributed by atoms with van der Waals surface area (Å²) in [7, 11) is -2.70. The van der Waals surface area contributed by atoms with E-state index < -0.39 is 56.4 Å². The van der Waals surface area contributed by atoms with Gasteiger partial charge in [-0.25, -0.2) is 13.2 Å². The number of carbonyl (C=O) groups is 3. The van der Waals surface area contributed by atoms with Crippen molar-refractivity contribution in [2.24, 2.45) is 11.8 Å². The van der Waals surface area contributed by atoms with E-state index in [0.29, 0.717) is 24.8 Å². The molecule has 44 heavy (non-hydrogen) atoms. The summed E-state index contributed by atoms with van der Waals surface area (Å²) >= 11 is 0. The molecular weight excluding hydrogens is 584 g/mol. The number of amides is 3. The van der Waals surface area contributed by atoms with Crippen LogP contribution in [0.3, 0.4) is 0 Å². The second-order valence-electron chi connectivity index (χ2n) is 14.1. The molecule has 1 heterocycles. The second-order valence-corrected chi connectivity index (χ2v) is 16.7. The number of piperidine rings is 1. The Morgan fingerprint density at radius 1 is 1.02 bits per heavy atom. The number of likely N-dealkylation sites (tertiary alicyclic amines) is 1. The molecule has 4 N–H and O–H groups in total. The summed E-state index contributed by atoms with van der Waals surface area (Å²) in [5.74, 6) is 0.0467. The van der Waals surface area contributed by atoms with Gasteiger partial charge in [-0.2, -0.15) is 0 Å². The number of carbonyl (C=O) groups excluding carboxylic acids is 3. The highest BCUT2D eigenvalue weighted by atomic mass is 32.2. The molecule has 6 unspecified atom stereocenters. The first kappa shape index (κ1) is 35.8. The highest BCUT2D eigenvalue weighted by Gasteiger charge is 2.46. The van der Waals surface area contributed by atoms with Crippen LogP contribution in [0.15, 0.2) is 30.3 Å². The van der Waals surface area contributed by atoms with E-state index in [1.807, 2.05) is 56.0 Å². The lowest BCUT2D eigenvalue weighted by Gasteiger charge is -2.47. The molecule has 1 aliphatic carbocycles. The molecule has 1 aliphatic heterocycles. The van der Waals surface area contributed by atoms with Crippen LogP contribution in [0.4, 0.5) is 4.79 Å². The van der Waals surface area contributed by atoms with Crippen molar-refractivity contribution in [2.75, 3.05) is 26.5 Å². The van der Waals surface area contributed by atoms with Crippen molar-refractivity contribution < 1.29 is 32.6 Å². The van der Waals surface area contributed by atoms with Gasteiger partial charge in [-0.05, 0) is 71.3 Å². The van der Waals surface area contributed by atoms with Gasteiger partial charge in [0.25, 0.3) is 0 Å². The Morgan fingerprint density at radius 2 is 1.64 bits per heavy atom. The van der Waals surface area contributed by atoms with Gasteiger partial charge >= 0.3 is 6.09 Å². The summed E-state index contributed by atoms with van der Waals surface area (Å²) in [6.45, 7) is 9.35. The van der Waals surface area contributed by atoms with Crippen LogP contribution in [0.1, 0.15) is 72.3 Å². The van der Waals surface area contributed by atoms with Gasteiger partial charge in [0, 0.05) is 24.9 Å². The van der Waals surface area contributed by atoms with Crippen molar-refractivity contribution in [1.82, 2.24) is 20.9 Å². The Morgan fingerprint density at radius 3 is 2.20 bits per heavy atom. The molecule has 3 amide bonds. The molecule has 12 heteroatoms. The minimum absolute atomic E-state index is 0.0744. The molecule has 11 nitrogen and oxygen atoms in total. The lowest BCUT2D eigenvalue weighted by Crippen LogP contribution is -2.64. The third kappa shape index (κ3) is 9.40. The smallest absolute Gasteiger partial charge is 0.407 e. The van der Waals surface area contributed by atoms with Crippen LogP contribution in [0, 0.1) is 11.8 Å². The van der Waals surface area contributed by atoms with Crippen LogP contribution in [-0.2, 0) is 30.6 Å². The predicted molar refractivity (Wildman–Crippen MR) is 170 cm³/mol. The third-order valence-corrected chi connectivity index (χ3v) is 11.3. The van der Waals surface area contributed by atoms with Gasteiger partial charge < -0.3 is 25.8 Å². The zero-order valence-electron chi connectivity index (χ0n) is 27.3. The Kier molecular flexibility index (Phi) is 11.9. The summed E-state index contributed by atoms with van der Waals surface area (Å²) < 4.78 is 28.4. The van der Waals surface area contributed by atoms with Gasteiger partial charge in [0.1, 0.15) is 6.04 Å². The highest BCUT2D eigenvalue weighted by Crippen LogP contribution is 2.39. The first-order valence-corrected chi connectivity index (χ1v) is 17.4. The minimum atomic E-state index is -3.83. The molecule has 0 bridgehead atoms. The maximum absolute atomic E-state index is 13.8. The fourth-order valence-corrected chi connectivity index (χ4v) is 6.95. The number of aliphatic hydroxyl groups excluding tert-OH is 1. The normalized spacial score (nSPS) is 23.4. The Balaban J connectivity index is 1.91. The zero-order chi connectivity index (χ0) is 32.9. The number of hydrogen-bond donors (Lipinski definition) is 4. The van der Waals surface area contributed by atoms with Crippen molar-refractivity contribution in [1.29, 1.82) is 0 Å². The molecule has 1 saturated carbocycles. The number of benzene rings is 1. The highest BCUT2D eigenvalue weighted by molar-refractivity contribution is 7.92. The summed E-state index contributed by atoms with van der Waals surface area (Å²) in [5, 5.41) is 20.1. The number of methoxy groups -OCH3 is 1. The molecule has 0 spiro atoms. The van der Waals surface area contributed by atoms with Gasteiger partial charge in [0.05, 0.1) is 30.0 Å². The van der Waals surface area contributed by atoms with E-state index in [1.54, 1.807) is 0 Å². The maximum atomic E-state index is 13.8. The zero-order valence-corrected chi connectivity index (χ0v) is 28.1. The third-order valence-electron chi connectivity index (χ3n) is 9.18. The van der Waals surface area contributed by atoms with E-state index in [9.17, 15) is 27.9 Å². The molecule has 3 rings (SSSR count). The van der Waals surface area contributed by atoms with Crippen LogP contribution in [-0.4, -0.2) is 97.3 Å². The van der Waals surface area contributed by atoms with E-state index in [1.165, 1.54) is 13.8 Å². The number of nitrogens with one attached hydrogen (secondary N) is 3. The molecule has 0 radical (unpaired) electrons. The number of β-amino-alcohol motifs (C(OH)–C–C–N with tert-alkyl or cyclic N) is 1. The minimum Gasteiger partial charge on any atom is -0.453 e. The van der Waals surface area contributed by atoms with E-state index in [2.05, 4.69) is 20.7 Å². The largest absolute Gasteiger partial charge is 0.453 e. The van der Waals surface area contributed by atoms with Gasteiger partial charge in [0.15, 0.2) is 9.84 Å².